The van der Waals surface area contributed by atoms with Crippen LogP contribution < -0.4 is 5.73 Å². The molecule has 0 atom stereocenters. The Labute approximate surface area is 118 Å². The Hall–Kier alpha value is -1.86. The summed E-state index contributed by atoms with van der Waals surface area (Å²) in [6.07, 6.45) is 2.15. The number of benzene rings is 1. The van der Waals surface area contributed by atoms with Crippen LogP contribution in [0.3, 0.4) is 0 Å². The molecule has 0 amide bonds. The van der Waals surface area contributed by atoms with Gasteiger partial charge in [0.2, 0.25) is 0 Å². The van der Waals surface area contributed by atoms with E-state index in [1.807, 2.05) is 25.1 Å². The number of aromatic nitrogens is 2. The third kappa shape index (κ3) is 3.00. The number of rotatable bonds is 6. The number of para-hydroxylation sites is 1. The second-order valence-electron chi connectivity index (χ2n) is 4.46. The van der Waals surface area contributed by atoms with Crippen LogP contribution in [0.2, 0.25) is 0 Å². The molecule has 7 heteroatoms. The molecule has 0 aliphatic rings. The molecule has 0 saturated carbocycles. The Kier molecular flexibility index (Phi) is 4.41. The first-order chi connectivity index (χ1) is 9.55. The molecule has 6 nitrogen and oxygen atoms in total. The summed E-state index contributed by atoms with van der Waals surface area (Å²) in [5.74, 6) is 0. The maximum absolute atomic E-state index is 12.5. The number of hydrogen-bond donors (Lipinski definition) is 2. The summed E-state index contributed by atoms with van der Waals surface area (Å²) in [5.41, 5.74) is 7.27. The van der Waals surface area contributed by atoms with Gasteiger partial charge < -0.3 is 5.73 Å². The predicted molar refractivity (Wildman–Crippen MR) is 77.3 cm³/mol. The maximum atomic E-state index is 12.5. The smallest absolute Gasteiger partial charge is 0.260 e. The topological polar surface area (TPSA) is 92.1 Å². The molecule has 2 aromatic rings. The van der Waals surface area contributed by atoms with Crippen LogP contribution in [-0.4, -0.2) is 29.5 Å². The fourth-order valence-corrected chi connectivity index (χ4v) is 3.34. The quantitative estimate of drug-likeness (QED) is 0.791. The van der Waals surface area contributed by atoms with Gasteiger partial charge >= 0.3 is 0 Å². The van der Waals surface area contributed by atoms with Crippen molar-refractivity contribution in [2.45, 2.75) is 24.9 Å². The summed E-state index contributed by atoms with van der Waals surface area (Å²) < 4.78 is 26.4. The van der Waals surface area contributed by atoms with Crippen molar-refractivity contribution in [1.82, 2.24) is 14.5 Å². The van der Waals surface area contributed by atoms with Gasteiger partial charge in [0.1, 0.15) is 0 Å². The number of nitrogens with one attached hydrogen (secondary N) is 1. The van der Waals surface area contributed by atoms with E-state index in [1.54, 1.807) is 6.07 Å². The number of H-pyrrole nitrogens is 1. The molecule has 20 heavy (non-hydrogen) atoms. The van der Waals surface area contributed by atoms with E-state index in [0.717, 1.165) is 12.0 Å². The van der Waals surface area contributed by atoms with E-state index < -0.39 is 10.0 Å². The lowest BCUT2D eigenvalue weighted by Gasteiger charge is -2.21. The number of hydrogen-bond acceptors (Lipinski definition) is 4. The predicted octanol–water partition coefficient (Wildman–Crippen LogP) is 1.59. The lowest BCUT2D eigenvalue weighted by Crippen LogP contribution is -2.32. The zero-order valence-electron chi connectivity index (χ0n) is 11.3. The molecule has 0 aliphatic heterocycles. The van der Waals surface area contributed by atoms with Crippen LogP contribution in [0.1, 0.15) is 18.9 Å². The molecule has 108 valence electrons. The van der Waals surface area contributed by atoms with Gasteiger partial charge in [0.25, 0.3) is 10.0 Å². The van der Waals surface area contributed by atoms with Crippen molar-refractivity contribution in [3.05, 3.63) is 42.1 Å². The first-order valence-corrected chi connectivity index (χ1v) is 7.82. The summed E-state index contributed by atoms with van der Waals surface area (Å²) in [4.78, 5) is 0. The van der Waals surface area contributed by atoms with Crippen LogP contribution in [0.4, 0.5) is 5.69 Å². The standard InChI is InChI=1S/C13H18N4O2S/c1-2-9-17(10-11-5-3-4-6-12(11)14)20(18,19)13-7-8-15-16-13/h3-8H,2,9-10,14H2,1H3,(H,15,16). The molecule has 0 bridgehead atoms. The number of nitrogens with two attached hydrogens (primary N) is 1. The molecule has 0 unspecified atom stereocenters. The highest BCUT2D eigenvalue weighted by Gasteiger charge is 2.25. The largest absolute Gasteiger partial charge is 0.398 e. The Balaban J connectivity index is 2.31. The van der Waals surface area contributed by atoms with Gasteiger partial charge in [0, 0.05) is 18.8 Å². The summed E-state index contributed by atoms with van der Waals surface area (Å²) in [6.45, 7) is 2.61. The van der Waals surface area contributed by atoms with Crippen molar-refractivity contribution >= 4 is 15.7 Å². The minimum atomic E-state index is -3.58. The van der Waals surface area contributed by atoms with Crippen molar-refractivity contribution < 1.29 is 8.42 Å². The zero-order valence-corrected chi connectivity index (χ0v) is 12.1. The van der Waals surface area contributed by atoms with Crippen LogP contribution in [0, 0.1) is 0 Å². The van der Waals surface area contributed by atoms with Crippen molar-refractivity contribution in [2.75, 3.05) is 12.3 Å². The average Bonchev–Trinajstić information content (AvgIpc) is 2.95. The Bertz CT molecular complexity index is 653. The average molecular weight is 294 g/mol. The van der Waals surface area contributed by atoms with Crippen LogP contribution in [0.5, 0.6) is 0 Å². The molecule has 0 fully saturated rings. The molecule has 0 saturated heterocycles. The lowest BCUT2D eigenvalue weighted by molar-refractivity contribution is 0.404. The molecular formula is C13H18N4O2S. The number of anilines is 1. The molecule has 1 aromatic heterocycles. The Morgan fingerprint density at radius 2 is 2.05 bits per heavy atom. The fourth-order valence-electron chi connectivity index (χ4n) is 1.93. The van der Waals surface area contributed by atoms with E-state index in [4.69, 9.17) is 5.73 Å². The van der Waals surface area contributed by atoms with Crippen molar-refractivity contribution in [3.63, 3.8) is 0 Å². The van der Waals surface area contributed by atoms with Gasteiger partial charge in [-0.05, 0) is 24.1 Å². The summed E-state index contributed by atoms with van der Waals surface area (Å²) in [5, 5.41) is 6.30. The molecule has 1 aromatic carbocycles. The van der Waals surface area contributed by atoms with Crippen molar-refractivity contribution in [3.8, 4) is 0 Å². The van der Waals surface area contributed by atoms with Crippen LogP contribution in [-0.2, 0) is 16.6 Å². The monoisotopic (exact) mass is 294 g/mol. The molecule has 0 aliphatic carbocycles. The van der Waals surface area contributed by atoms with Gasteiger partial charge in [-0.2, -0.15) is 9.40 Å². The van der Waals surface area contributed by atoms with E-state index in [2.05, 4.69) is 10.2 Å². The Morgan fingerprint density at radius 1 is 1.30 bits per heavy atom. The third-order valence-corrected chi connectivity index (χ3v) is 4.74. The van der Waals surface area contributed by atoms with Gasteiger partial charge in [-0.15, -0.1) is 0 Å². The highest BCUT2D eigenvalue weighted by atomic mass is 32.2. The third-order valence-electron chi connectivity index (χ3n) is 2.97. The number of nitrogen functional groups attached to an aromatic ring is 1. The van der Waals surface area contributed by atoms with Gasteiger partial charge in [-0.1, -0.05) is 25.1 Å². The number of aromatic amines is 1. The summed E-state index contributed by atoms with van der Waals surface area (Å²) in [6, 6.07) is 8.72. The molecule has 3 N–H and O–H groups in total. The summed E-state index contributed by atoms with van der Waals surface area (Å²) in [7, 11) is -3.58. The first-order valence-electron chi connectivity index (χ1n) is 6.38. The molecule has 0 spiro atoms. The molecule has 1 heterocycles. The normalized spacial score (nSPS) is 11.9. The van der Waals surface area contributed by atoms with E-state index in [1.165, 1.54) is 16.6 Å². The lowest BCUT2D eigenvalue weighted by atomic mass is 10.2. The van der Waals surface area contributed by atoms with E-state index in [-0.39, 0.29) is 11.6 Å². The van der Waals surface area contributed by atoms with E-state index >= 15 is 0 Å². The molecule has 0 radical (unpaired) electrons. The number of sulfonamides is 1. The van der Waals surface area contributed by atoms with Crippen molar-refractivity contribution in [1.29, 1.82) is 0 Å². The van der Waals surface area contributed by atoms with E-state index in [0.29, 0.717) is 12.2 Å². The van der Waals surface area contributed by atoms with Gasteiger partial charge in [-0.25, -0.2) is 8.42 Å². The minimum absolute atomic E-state index is 0.0976. The molecular weight excluding hydrogens is 276 g/mol. The highest BCUT2D eigenvalue weighted by molar-refractivity contribution is 7.89. The Morgan fingerprint density at radius 3 is 2.65 bits per heavy atom. The first kappa shape index (κ1) is 14.5. The zero-order chi connectivity index (χ0) is 14.6. The molecule has 2 rings (SSSR count). The van der Waals surface area contributed by atoms with Crippen LogP contribution in [0.15, 0.2) is 41.6 Å². The second-order valence-corrected chi connectivity index (χ2v) is 6.36. The fraction of sp³-hybridized carbons (Fsp3) is 0.308. The van der Waals surface area contributed by atoms with Crippen LogP contribution >= 0.6 is 0 Å². The highest BCUT2D eigenvalue weighted by Crippen LogP contribution is 2.19. The number of nitrogens with zero attached hydrogens (tertiary/aromatic N) is 2. The van der Waals surface area contributed by atoms with Crippen LogP contribution in [0.25, 0.3) is 0 Å². The maximum Gasteiger partial charge on any atom is 0.260 e. The van der Waals surface area contributed by atoms with Gasteiger partial charge in [-0.3, -0.25) is 5.10 Å². The SMILES string of the molecule is CCCN(Cc1ccccc1N)S(=O)(=O)c1ccn[nH]1. The van der Waals surface area contributed by atoms with Gasteiger partial charge in [0.05, 0.1) is 6.20 Å². The van der Waals surface area contributed by atoms with Gasteiger partial charge in [0.15, 0.2) is 5.03 Å². The minimum Gasteiger partial charge on any atom is -0.398 e. The van der Waals surface area contributed by atoms with Crippen molar-refractivity contribution in [2.24, 2.45) is 0 Å². The van der Waals surface area contributed by atoms with E-state index in [9.17, 15) is 8.42 Å². The second kappa shape index (κ2) is 6.06. The summed E-state index contributed by atoms with van der Waals surface area (Å²) >= 11 is 0.